The van der Waals surface area contributed by atoms with Gasteiger partial charge in [0, 0.05) is 57.1 Å². The highest BCUT2D eigenvalue weighted by Gasteiger charge is 2.22. The lowest BCUT2D eigenvalue weighted by atomic mass is 10.1. The van der Waals surface area contributed by atoms with Gasteiger partial charge in [0.25, 0.3) is 0 Å². The van der Waals surface area contributed by atoms with Crippen LogP contribution in [0.15, 0.2) is 53.5 Å². The normalized spacial score (nSPS) is 14.2. The zero-order valence-electron chi connectivity index (χ0n) is 19.0. The zero-order chi connectivity index (χ0) is 22.6. The molecule has 172 valence electrons. The Morgan fingerprint density at radius 1 is 1.03 bits per heavy atom. The number of carbonyl (C=O) groups is 1. The summed E-state index contributed by atoms with van der Waals surface area (Å²) in [6, 6.07) is 15.7. The molecule has 0 bridgehead atoms. The van der Waals surface area contributed by atoms with Crippen LogP contribution in [0, 0.1) is 5.92 Å². The van der Waals surface area contributed by atoms with Gasteiger partial charge >= 0.3 is 0 Å². The van der Waals surface area contributed by atoms with Crippen LogP contribution in [0.25, 0.3) is 0 Å². The molecular weight excluding hydrogens is 404 g/mol. The van der Waals surface area contributed by atoms with Gasteiger partial charge in [0.1, 0.15) is 5.75 Å². The third-order valence-electron chi connectivity index (χ3n) is 5.46. The SMILES string of the molecule is CN=C(NCc1cccc(NC(=O)C2CCCC2)c1)Nc1cccc(OCCCOC)c1. The molecule has 0 aromatic heterocycles. The molecule has 7 nitrogen and oxygen atoms in total. The maximum Gasteiger partial charge on any atom is 0.227 e. The van der Waals surface area contributed by atoms with Gasteiger partial charge in [0.2, 0.25) is 5.91 Å². The molecular formula is C25H34N4O3. The number of nitrogens with zero attached hydrogens (tertiary/aromatic N) is 1. The van der Waals surface area contributed by atoms with E-state index in [0.717, 1.165) is 54.8 Å². The molecule has 1 fully saturated rings. The standard InChI is InChI=1S/C25H34N4O3/c1-26-25(29-22-12-6-13-23(17-22)32-15-7-14-31-2)27-18-19-8-5-11-21(16-19)28-24(30)20-9-3-4-10-20/h5-6,8,11-13,16-17,20H,3-4,7,9-10,14-15,18H2,1-2H3,(H,28,30)(H2,26,27,29). The molecule has 32 heavy (non-hydrogen) atoms. The molecule has 2 aromatic carbocycles. The van der Waals surface area contributed by atoms with Crippen LogP contribution < -0.4 is 20.7 Å². The highest BCUT2D eigenvalue weighted by atomic mass is 16.5. The first-order chi connectivity index (χ1) is 15.7. The molecule has 3 N–H and O–H groups in total. The number of aliphatic imine (C=N–C) groups is 1. The molecule has 7 heteroatoms. The number of amides is 1. The van der Waals surface area contributed by atoms with Crippen LogP contribution in [0.2, 0.25) is 0 Å². The fourth-order valence-corrected chi connectivity index (χ4v) is 3.75. The van der Waals surface area contributed by atoms with Crippen LogP contribution in [0.1, 0.15) is 37.7 Å². The number of hydrogen-bond acceptors (Lipinski definition) is 4. The van der Waals surface area contributed by atoms with E-state index in [4.69, 9.17) is 9.47 Å². The van der Waals surface area contributed by atoms with E-state index in [2.05, 4.69) is 20.9 Å². The highest BCUT2D eigenvalue weighted by molar-refractivity contribution is 5.94. The van der Waals surface area contributed by atoms with Crippen molar-refractivity contribution in [2.24, 2.45) is 10.9 Å². The number of benzene rings is 2. The summed E-state index contributed by atoms with van der Waals surface area (Å²) in [5, 5.41) is 9.67. The van der Waals surface area contributed by atoms with E-state index in [1.807, 2.05) is 48.5 Å². The maximum atomic E-state index is 12.4. The Hall–Kier alpha value is -3.06. The maximum absolute atomic E-state index is 12.4. The van der Waals surface area contributed by atoms with Gasteiger partial charge in [-0.3, -0.25) is 9.79 Å². The van der Waals surface area contributed by atoms with Crippen molar-refractivity contribution in [2.45, 2.75) is 38.6 Å². The zero-order valence-corrected chi connectivity index (χ0v) is 19.0. The van der Waals surface area contributed by atoms with E-state index in [1.54, 1.807) is 14.2 Å². The second-order valence-corrected chi connectivity index (χ2v) is 7.94. The van der Waals surface area contributed by atoms with Crippen molar-refractivity contribution in [1.29, 1.82) is 0 Å². The average molecular weight is 439 g/mol. The third-order valence-corrected chi connectivity index (χ3v) is 5.46. The summed E-state index contributed by atoms with van der Waals surface area (Å²) in [6.07, 6.45) is 5.13. The van der Waals surface area contributed by atoms with Crippen molar-refractivity contribution in [1.82, 2.24) is 5.32 Å². The Morgan fingerprint density at radius 2 is 1.78 bits per heavy atom. The molecule has 0 aliphatic heterocycles. The number of hydrogen-bond donors (Lipinski definition) is 3. The molecule has 3 rings (SSSR count). The monoisotopic (exact) mass is 438 g/mol. The van der Waals surface area contributed by atoms with Crippen LogP contribution in [-0.2, 0) is 16.1 Å². The van der Waals surface area contributed by atoms with E-state index in [9.17, 15) is 4.79 Å². The van der Waals surface area contributed by atoms with Crippen molar-refractivity contribution in [3.63, 3.8) is 0 Å². The molecule has 2 aromatic rings. The number of anilines is 2. The topological polar surface area (TPSA) is 84.0 Å². The minimum atomic E-state index is 0.134. The first-order valence-corrected chi connectivity index (χ1v) is 11.3. The summed E-state index contributed by atoms with van der Waals surface area (Å²) in [4.78, 5) is 16.7. The molecule has 1 amide bonds. The van der Waals surface area contributed by atoms with Gasteiger partial charge in [0.15, 0.2) is 5.96 Å². The molecule has 1 aliphatic rings. The fraction of sp³-hybridized carbons (Fsp3) is 0.440. The quantitative estimate of drug-likeness (QED) is 0.291. The lowest BCUT2D eigenvalue weighted by Crippen LogP contribution is -2.30. The number of nitrogens with one attached hydrogen (secondary N) is 3. The largest absolute Gasteiger partial charge is 0.493 e. The number of ether oxygens (including phenoxy) is 2. The van der Waals surface area contributed by atoms with E-state index in [1.165, 1.54) is 0 Å². The summed E-state index contributed by atoms with van der Waals surface area (Å²) in [6.45, 7) is 1.87. The summed E-state index contributed by atoms with van der Waals surface area (Å²) >= 11 is 0. The van der Waals surface area contributed by atoms with Gasteiger partial charge in [-0.05, 0) is 42.7 Å². The van der Waals surface area contributed by atoms with Crippen molar-refractivity contribution in [3.05, 3.63) is 54.1 Å². The molecule has 0 saturated heterocycles. The average Bonchev–Trinajstić information content (AvgIpc) is 3.35. The van der Waals surface area contributed by atoms with E-state index in [0.29, 0.717) is 25.7 Å². The van der Waals surface area contributed by atoms with E-state index in [-0.39, 0.29) is 11.8 Å². The van der Waals surface area contributed by atoms with Gasteiger partial charge in [-0.25, -0.2) is 0 Å². The predicted octanol–water partition coefficient (Wildman–Crippen LogP) is 4.42. The molecule has 0 unspecified atom stereocenters. The van der Waals surface area contributed by atoms with E-state index >= 15 is 0 Å². The van der Waals surface area contributed by atoms with Crippen molar-refractivity contribution >= 4 is 23.2 Å². The van der Waals surface area contributed by atoms with Gasteiger partial charge in [-0.2, -0.15) is 0 Å². The smallest absolute Gasteiger partial charge is 0.227 e. The molecule has 0 heterocycles. The van der Waals surface area contributed by atoms with Crippen molar-refractivity contribution < 1.29 is 14.3 Å². The number of carbonyl (C=O) groups excluding carboxylic acids is 1. The Labute approximate surface area is 190 Å². The first-order valence-electron chi connectivity index (χ1n) is 11.3. The van der Waals surface area contributed by atoms with Crippen molar-refractivity contribution in [2.75, 3.05) is 38.0 Å². The van der Waals surface area contributed by atoms with Crippen molar-refractivity contribution in [3.8, 4) is 5.75 Å². The highest BCUT2D eigenvalue weighted by Crippen LogP contribution is 2.26. The molecule has 0 spiro atoms. The second kappa shape index (κ2) is 12.7. The molecule has 0 radical (unpaired) electrons. The molecule has 1 aliphatic carbocycles. The predicted molar refractivity (Wildman–Crippen MR) is 129 cm³/mol. The van der Waals surface area contributed by atoms with Gasteiger partial charge in [0.05, 0.1) is 6.61 Å². The van der Waals surface area contributed by atoms with Gasteiger partial charge < -0.3 is 25.4 Å². The van der Waals surface area contributed by atoms with Gasteiger partial charge in [-0.1, -0.05) is 31.0 Å². The first kappa shape index (κ1) is 23.6. The molecule has 1 saturated carbocycles. The van der Waals surface area contributed by atoms with Crippen LogP contribution in [0.5, 0.6) is 5.75 Å². The van der Waals surface area contributed by atoms with Crippen LogP contribution in [0.4, 0.5) is 11.4 Å². The number of guanidine groups is 1. The number of rotatable bonds is 10. The third kappa shape index (κ3) is 7.57. The second-order valence-electron chi connectivity index (χ2n) is 7.94. The van der Waals surface area contributed by atoms with E-state index < -0.39 is 0 Å². The summed E-state index contributed by atoms with van der Waals surface area (Å²) in [5.74, 6) is 1.74. The van der Waals surface area contributed by atoms with Crippen LogP contribution in [-0.4, -0.2) is 39.2 Å². The summed E-state index contributed by atoms with van der Waals surface area (Å²) in [5.41, 5.74) is 2.79. The lowest BCUT2D eigenvalue weighted by Gasteiger charge is -2.14. The minimum absolute atomic E-state index is 0.134. The molecule has 0 atom stereocenters. The Morgan fingerprint density at radius 3 is 2.53 bits per heavy atom. The summed E-state index contributed by atoms with van der Waals surface area (Å²) in [7, 11) is 3.42. The fourth-order valence-electron chi connectivity index (χ4n) is 3.75. The lowest BCUT2D eigenvalue weighted by molar-refractivity contribution is -0.119. The van der Waals surface area contributed by atoms with Gasteiger partial charge in [-0.15, -0.1) is 0 Å². The summed E-state index contributed by atoms with van der Waals surface area (Å²) < 4.78 is 10.8. The Bertz CT molecular complexity index is 894. The van der Waals surface area contributed by atoms with Crippen LogP contribution >= 0.6 is 0 Å². The Kier molecular flexibility index (Phi) is 9.37. The van der Waals surface area contributed by atoms with Crippen LogP contribution in [0.3, 0.4) is 0 Å². The number of methoxy groups -OCH3 is 1. The minimum Gasteiger partial charge on any atom is -0.493 e. The Balaban J connectivity index is 1.50.